The molecule has 1 aliphatic rings. The van der Waals surface area contributed by atoms with Crippen molar-refractivity contribution in [3.63, 3.8) is 0 Å². The Morgan fingerprint density at radius 1 is 1.25 bits per heavy atom. The minimum absolute atomic E-state index is 0.186. The Morgan fingerprint density at radius 2 is 1.88 bits per heavy atom. The molecule has 0 saturated carbocycles. The van der Waals surface area contributed by atoms with E-state index in [1.54, 1.807) is 0 Å². The number of benzene rings is 1. The van der Waals surface area contributed by atoms with Gasteiger partial charge in [0, 0.05) is 36.3 Å². The molecule has 1 aliphatic heterocycles. The Kier molecular flexibility index (Phi) is 4.13. The molecule has 88 valence electrons. The summed E-state index contributed by atoms with van der Waals surface area (Å²) in [6, 6.07) is 8.95. The number of nitrogens with two attached hydrogens (primary N) is 1. The molecule has 1 aromatic carbocycles. The molecule has 1 saturated heterocycles. The Hall–Kier alpha value is -0.670. The summed E-state index contributed by atoms with van der Waals surface area (Å²) in [5.41, 5.74) is 8.59. The van der Waals surface area contributed by atoms with Gasteiger partial charge in [-0.05, 0) is 24.1 Å². The summed E-state index contributed by atoms with van der Waals surface area (Å²) in [5, 5.41) is 0. The number of hydrogen-bond donors (Lipinski definition) is 1. The lowest BCUT2D eigenvalue weighted by molar-refractivity contribution is 0.698. The van der Waals surface area contributed by atoms with Crippen LogP contribution in [0.1, 0.15) is 24.9 Å². The molecule has 0 aliphatic carbocycles. The molecule has 2 nitrogen and oxygen atoms in total. The Bertz CT molecular complexity index is 317. The highest BCUT2D eigenvalue weighted by molar-refractivity contribution is 7.99. The molecule has 2 rings (SSSR count). The van der Waals surface area contributed by atoms with Crippen LogP contribution < -0.4 is 10.6 Å². The fourth-order valence-electron chi connectivity index (χ4n) is 1.99. The SMILES string of the molecule is CC[C@H](N)c1ccc(N2CCSCC2)cc1. The van der Waals surface area contributed by atoms with E-state index >= 15 is 0 Å². The first-order valence-corrected chi connectivity index (χ1v) is 7.15. The molecule has 1 aromatic rings. The predicted molar refractivity (Wildman–Crippen MR) is 73.2 cm³/mol. The first kappa shape index (κ1) is 11.8. The summed E-state index contributed by atoms with van der Waals surface area (Å²) in [7, 11) is 0. The average molecular weight is 236 g/mol. The second-order valence-corrected chi connectivity index (χ2v) is 5.43. The zero-order valence-electron chi connectivity index (χ0n) is 9.86. The van der Waals surface area contributed by atoms with Gasteiger partial charge in [0.15, 0.2) is 0 Å². The maximum Gasteiger partial charge on any atom is 0.0366 e. The number of anilines is 1. The predicted octanol–water partition coefficient (Wildman–Crippen LogP) is 2.65. The summed E-state index contributed by atoms with van der Waals surface area (Å²) in [5.74, 6) is 2.49. The molecule has 2 N–H and O–H groups in total. The van der Waals surface area contributed by atoms with Crippen LogP contribution in [-0.2, 0) is 0 Å². The summed E-state index contributed by atoms with van der Waals surface area (Å²) >= 11 is 2.04. The van der Waals surface area contributed by atoms with Gasteiger partial charge < -0.3 is 10.6 Å². The molecular formula is C13H20N2S. The van der Waals surface area contributed by atoms with Crippen LogP contribution in [0.5, 0.6) is 0 Å². The third kappa shape index (κ3) is 2.71. The molecule has 1 atom stereocenters. The molecule has 3 heteroatoms. The van der Waals surface area contributed by atoms with Crippen LogP contribution in [0.2, 0.25) is 0 Å². The Balaban J connectivity index is 2.06. The zero-order chi connectivity index (χ0) is 11.4. The van der Waals surface area contributed by atoms with E-state index in [0.29, 0.717) is 0 Å². The quantitative estimate of drug-likeness (QED) is 0.875. The van der Waals surface area contributed by atoms with Crippen LogP contribution in [-0.4, -0.2) is 24.6 Å². The van der Waals surface area contributed by atoms with E-state index < -0.39 is 0 Å². The van der Waals surface area contributed by atoms with Crippen molar-refractivity contribution in [2.75, 3.05) is 29.5 Å². The lowest BCUT2D eigenvalue weighted by atomic mass is 10.1. The fraction of sp³-hybridized carbons (Fsp3) is 0.538. The maximum absolute atomic E-state index is 6.01. The lowest BCUT2D eigenvalue weighted by Gasteiger charge is -2.28. The van der Waals surface area contributed by atoms with Crippen molar-refractivity contribution >= 4 is 17.4 Å². The van der Waals surface area contributed by atoms with Gasteiger partial charge in [0.2, 0.25) is 0 Å². The van der Waals surface area contributed by atoms with Gasteiger partial charge in [-0.25, -0.2) is 0 Å². The summed E-state index contributed by atoms with van der Waals surface area (Å²) in [6.07, 6.45) is 1.000. The highest BCUT2D eigenvalue weighted by Gasteiger charge is 2.11. The third-order valence-electron chi connectivity index (χ3n) is 3.14. The summed E-state index contributed by atoms with van der Waals surface area (Å²) < 4.78 is 0. The van der Waals surface area contributed by atoms with Crippen molar-refractivity contribution in [1.82, 2.24) is 0 Å². The van der Waals surface area contributed by atoms with Crippen molar-refractivity contribution in [2.24, 2.45) is 5.73 Å². The second kappa shape index (κ2) is 5.60. The summed E-state index contributed by atoms with van der Waals surface area (Å²) in [6.45, 7) is 4.47. The smallest absolute Gasteiger partial charge is 0.0366 e. The fourth-order valence-corrected chi connectivity index (χ4v) is 2.89. The number of nitrogens with zero attached hydrogens (tertiary/aromatic N) is 1. The van der Waals surface area contributed by atoms with Gasteiger partial charge >= 0.3 is 0 Å². The molecule has 16 heavy (non-hydrogen) atoms. The minimum Gasteiger partial charge on any atom is -0.370 e. The lowest BCUT2D eigenvalue weighted by Crippen LogP contribution is -2.32. The molecule has 0 amide bonds. The second-order valence-electron chi connectivity index (χ2n) is 4.21. The third-order valence-corrected chi connectivity index (χ3v) is 4.08. The zero-order valence-corrected chi connectivity index (χ0v) is 10.7. The van der Waals surface area contributed by atoms with Crippen molar-refractivity contribution in [3.05, 3.63) is 29.8 Å². The van der Waals surface area contributed by atoms with Crippen LogP contribution in [0, 0.1) is 0 Å². The first-order chi connectivity index (χ1) is 7.81. The van der Waals surface area contributed by atoms with Crippen molar-refractivity contribution in [3.8, 4) is 0 Å². The standard InChI is InChI=1S/C13H20N2S/c1-2-13(14)11-3-5-12(6-4-11)15-7-9-16-10-8-15/h3-6,13H,2,7-10,14H2,1H3/t13-/m0/s1. The van der Waals surface area contributed by atoms with Crippen LogP contribution in [0.3, 0.4) is 0 Å². The topological polar surface area (TPSA) is 29.3 Å². The van der Waals surface area contributed by atoms with E-state index in [2.05, 4.69) is 36.1 Å². The molecule has 0 spiro atoms. The highest BCUT2D eigenvalue weighted by atomic mass is 32.2. The van der Waals surface area contributed by atoms with E-state index in [9.17, 15) is 0 Å². The Morgan fingerprint density at radius 3 is 2.44 bits per heavy atom. The van der Waals surface area contributed by atoms with E-state index in [4.69, 9.17) is 5.73 Å². The highest BCUT2D eigenvalue weighted by Crippen LogP contribution is 2.22. The number of thioether (sulfide) groups is 1. The molecule has 0 unspecified atom stereocenters. The molecular weight excluding hydrogens is 216 g/mol. The molecule has 0 radical (unpaired) electrons. The van der Waals surface area contributed by atoms with Crippen LogP contribution in [0.25, 0.3) is 0 Å². The van der Waals surface area contributed by atoms with Crippen LogP contribution >= 0.6 is 11.8 Å². The van der Waals surface area contributed by atoms with Crippen molar-refractivity contribution < 1.29 is 0 Å². The van der Waals surface area contributed by atoms with E-state index in [1.807, 2.05) is 11.8 Å². The largest absolute Gasteiger partial charge is 0.370 e. The monoisotopic (exact) mass is 236 g/mol. The van der Waals surface area contributed by atoms with E-state index in [0.717, 1.165) is 6.42 Å². The maximum atomic E-state index is 6.01. The molecule has 0 aromatic heterocycles. The van der Waals surface area contributed by atoms with E-state index in [1.165, 1.54) is 35.8 Å². The normalized spacial score (nSPS) is 18.5. The van der Waals surface area contributed by atoms with Gasteiger partial charge in [-0.15, -0.1) is 0 Å². The summed E-state index contributed by atoms with van der Waals surface area (Å²) in [4.78, 5) is 2.46. The van der Waals surface area contributed by atoms with Gasteiger partial charge in [-0.1, -0.05) is 19.1 Å². The van der Waals surface area contributed by atoms with Crippen molar-refractivity contribution in [1.29, 1.82) is 0 Å². The number of hydrogen-bond acceptors (Lipinski definition) is 3. The molecule has 0 bridgehead atoms. The van der Waals surface area contributed by atoms with E-state index in [-0.39, 0.29) is 6.04 Å². The van der Waals surface area contributed by atoms with Crippen molar-refractivity contribution in [2.45, 2.75) is 19.4 Å². The number of rotatable bonds is 3. The van der Waals surface area contributed by atoms with Gasteiger partial charge in [0.1, 0.15) is 0 Å². The van der Waals surface area contributed by atoms with Gasteiger partial charge in [0.05, 0.1) is 0 Å². The first-order valence-electron chi connectivity index (χ1n) is 5.99. The van der Waals surface area contributed by atoms with Gasteiger partial charge in [0.25, 0.3) is 0 Å². The van der Waals surface area contributed by atoms with Gasteiger partial charge in [-0.2, -0.15) is 11.8 Å². The van der Waals surface area contributed by atoms with Crippen LogP contribution in [0.4, 0.5) is 5.69 Å². The Labute approximate surface area is 102 Å². The molecule has 1 heterocycles. The molecule has 1 fully saturated rings. The van der Waals surface area contributed by atoms with Crippen LogP contribution in [0.15, 0.2) is 24.3 Å². The average Bonchev–Trinajstić information content (AvgIpc) is 2.39. The van der Waals surface area contributed by atoms with Gasteiger partial charge in [-0.3, -0.25) is 0 Å². The minimum atomic E-state index is 0.186.